The molecule has 0 unspecified atom stereocenters. The molecule has 2 aromatic carbocycles. The lowest BCUT2D eigenvalue weighted by atomic mass is 9.96. The van der Waals surface area contributed by atoms with Crippen LogP contribution in [0.5, 0.6) is 0 Å². The normalized spacial score (nSPS) is 16.2. The zero-order valence-electron chi connectivity index (χ0n) is 18.0. The molecule has 5 nitrogen and oxygen atoms in total. The van der Waals surface area contributed by atoms with E-state index < -0.39 is 0 Å². The largest absolute Gasteiger partial charge is 0.354 e. The number of hydrogen-bond acceptors (Lipinski definition) is 5. The molecule has 1 saturated heterocycles. The fourth-order valence-corrected chi connectivity index (χ4v) is 4.58. The third-order valence-corrected chi connectivity index (χ3v) is 6.58. The third-order valence-electron chi connectivity index (χ3n) is 5.64. The Morgan fingerprint density at radius 3 is 2.65 bits per heavy atom. The number of aromatic nitrogens is 2. The summed E-state index contributed by atoms with van der Waals surface area (Å²) in [5, 5.41) is 12.9. The molecule has 1 amide bonds. The van der Waals surface area contributed by atoms with Gasteiger partial charge in [-0.3, -0.25) is 4.79 Å². The van der Waals surface area contributed by atoms with Gasteiger partial charge in [0.25, 0.3) is 0 Å². The Kier molecular flexibility index (Phi) is 6.87. The molecular formula is C25H28N4OS. The first-order valence-electron chi connectivity index (χ1n) is 10.8. The Labute approximate surface area is 188 Å². The smallest absolute Gasteiger partial charge is 0.229 e. The fraction of sp³-hybridized carbons (Fsp3) is 0.320. The molecule has 1 aliphatic heterocycles. The van der Waals surface area contributed by atoms with Crippen LogP contribution >= 0.6 is 11.8 Å². The summed E-state index contributed by atoms with van der Waals surface area (Å²) in [4.78, 5) is 16.2. The van der Waals surface area contributed by atoms with Crippen LogP contribution in [0.3, 0.4) is 0 Å². The summed E-state index contributed by atoms with van der Waals surface area (Å²) in [7, 11) is 0. The number of carbonyl (C=O) groups is 1. The highest BCUT2D eigenvalue weighted by atomic mass is 32.2. The standard InChI is InChI=1S/C25H28N4OS/c1-3-19-7-4-5-9-22(19)26-25(30)20-8-6-16-29(17-20)23-14-15-24(28-27-23)31-21-12-10-18(2)11-13-21/h4-5,7,9-15,20H,3,6,8,16-17H2,1-2H3,(H,26,30)/t20-/m1/s1. The molecule has 0 spiro atoms. The van der Waals surface area contributed by atoms with Gasteiger partial charge in [0.05, 0.1) is 5.92 Å². The van der Waals surface area contributed by atoms with Crippen LogP contribution in [-0.2, 0) is 11.2 Å². The highest BCUT2D eigenvalue weighted by Gasteiger charge is 2.27. The number of rotatable bonds is 6. The number of benzene rings is 2. The molecule has 2 heterocycles. The average Bonchev–Trinajstić information content (AvgIpc) is 2.81. The monoisotopic (exact) mass is 432 g/mol. The Balaban J connectivity index is 1.38. The van der Waals surface area contributed by atoms with Crippen LogP contribution in [0, 0.1) is 12.8 Å². The lowest BCUT2D eigenvalue weighted by molar-refractivity contribution is -0.120. The van der Waals surface area contributed by atoms with E-state index in [-0.39, 0.29) is 11.8 Å². The first-order valence-corrected chi connectivity index (χ1v) is 11.7. The van der Waals surface area contributed by atoms with Crippen molar-refractivity contribution in [3.05, 3.63) is 71.8 Å². The number of amides is 1. The van der Waals surface area contributed by atoms with E-state index in [1.54, 1.807) is 11.8 Å². The Hall–Kier alpha value is -2.86. The number of hydrogen-bond donors (Lipinski definition) is 1. The second kappa shape index (κ2) is 9.96. The second-order valence-corrected chi connectivity index (χ2v) is 9.02. The van der Waals surface area contributed by atoms with E-state index in [1.807, 2.05) is 30.3 Å². The van der Waals surface area contributed by atoms with Crippen molar-refractivity contribution in [2.75, 3.05) is 23.3 Å². The van der Waals surface area contributed by atoms with Crippen molar-refractivity contribution in [2.24, 2.45) is 5.92 Å². The van der Waals surface area contributed by atoms with Crippen LogP contribution in [0.1, 0.15) is 30.9 Å². The fourth-order valence-electron chi connectivity index (χ4n) is 3.85. The minimum atomic E-state index is -0.0536. The van der Waals surface area contributed by atoms with Gasteiger partial charge in [-0.1, -0.05) is 54.6 Å². The predicted molar refractivity (Wildman–Crippen MR) is 127 cm³/mol. The Morgan fingerprint density at radius 2 is 1.90 bits per heavy atom. The van der Waals surface area contributed by atoms with Gasteiger partial charge in [0.1, 0.15) is 5.03 Å². The van der Waals surface area contributed by atoms with Crippen molar-refractivity contribution in [3.63, 3.8) is 0 Å². The molecule has 0 bridgehead atoms. The van der Waals surface area contributed by atoms with Gasteiger partial charge in [0.2, 0.25) is 5.91 Å². The minimum absolute atomic E-state index is 0.0536. The van der Waals surface area contributed by atoms with E-state index in [0.717, 1.165) is 52.8 Å². The van der Waals surface area contributed by atoms with Gasteiger partial charge in [-0.05, 0) is 62.1 Å². The molecule has 4 rings (SSSR count). The van der Waals surface area contributed by atoms with Gasteiger partial charge in [-0.2, -0.15) is 0 Å². The van der Waals surface area contributed by atoms with Gasteiger partial charge in [0.15, 0.2) is 5.82 Å². The molecule has 6 heteroatoms. The van der Waals surface area contributed by atoms with Crippen LogP contribution in [-0.4, -0.2) is 29.2 Å². The molecule has 0 saturated carbocycles. The quantitative estimate of drug-likeness (QED) is 0.569. The van der Waals surface area contributed by atoms with Gasteiger partial charge in [-0.15, -0.1) is 10.2 Å². The second-order valence-electron chi connectivity index (χ2n) is 7.93. The topological polar surface area (TPSA) is 58.1 Å². The molecule has 1 aromatic heterocycles. The first-order chi connectivity index (χ1) is 15.1. The zero-order valence-corrected chi connectivity index (χ0v) is 18.9. The maximum absolute atomic E-state index is 12.9. The molecule has 1 aliphatic rings. The van der Waals surface area contributed by atoms with Gasteiger partial charge in [0, 0.05) is 23.7 Å². The van der Waals surface area contributed by atoms with Crippen molar-refractivity contribution < 1.29 is 4.79 Å². The summed E-state index contributed by atoms with van der Waals surface area (Å²) in [5.41, 5.74) is 3.33. The first kappa shape index (κ1) is 21.4. The Bertz CT molecular complexity index is 1020. The number of piperidine rings is 1. The summed E-state index contributed by atoms with van der Waals surface area (Å²) in [6, 6.07) is 20.4. The van der Waals surface area contributed by atoms with E-state index in [2.05, 4.69) is 64.6 Å². The SMILES string of the molecule is CCc1ccccc1NC(=O)[C@@H]1CCCN(c2ccc(Sc3ccc(C)cc3)nn2)C1. The van der Waals surface area contributed by atoms with Crippen molar-refractivity contribution in [2.45, 2.75) is 43.0 Å². The summed E-state index contributed by atoms with van der Waals surface area (Å²) in [6.07, 6.45) is 2.76. The molecular weight excluding hydrogens is 404 g/mol. The maximum Gasteiger partial charge on any atom is 0.229 e. The van der Waals surface area contributed by atoms with Gasteiger partial charge >= 0.3 is 0 Å². The molecule has 3 aromatic rings. The van der Waals surface area contributed by atoms with E-state index in [0.29, 0.717) is 6.54 Å². The van der Waals surface area contributed by atoms with Crippen molar-refractivity contribution in [3.8, 4) is 0 Å². The number of para-hydroxylation sites is 1. The highest BCUT2D eigenvalue weighted by molar-refractivity contribution is 7.99. The summed E-state index contributed by atoms with van der Waals surface area (Å²) in [5.74, 6) is 0.867. The molecule has 0 aliphatic carbocycles. The average molecular weight is 433 g/mol. The van der Waals surface area contributed by atoms with Crippen LogP contribution < -0.4 is 10.2 Å². The minimum Gasteiger partial charge on any atom is -0.354 e. The van der Waals surface area contributed by atoms with E-state index >= 15 is 0 Å². The lowest BCUT2D eigenvalue weighted by Crippen LogP contribution is -2.41. The lowest BCUT2D eigenvalue weighted by Gasteiger charge is -2.32. The Morgan fingerprint density at radius 1 is 1.10 bits per heavy atom. The zero-order chi connectivity index (χ0) is 21.6. The van der Waals surface area contributed by atoms with Gasteiger partial charge in [-0.25, -0.2) is 0 Å². The summed E-state index contributed by atoms with van der Waals surface area (Å²) < 4.78 is 0. The van der Waals surface area contributed by atoms with Crippen LogP contribution in [0.25, 0.3) is 0 Å². The number of nitrogens with zero attached hydrogens (tertiary/aromatic N) is 3. The van der Waals surface area contributed by atoms with Crippen LogP contribution in [0.15, 0.2) is 70.6 Å². The number of nitrogens with one attached hydrogen (secondary N) is 1. The predicted octanol–water partition coefficient (Wildman–Crippen LogP) is 5.35. The van der Waals surface area contributed by atoms with Gasteiger partial charge < -0.3 is 10.2 Å². The van der Waals surface area contributed by atoms with Crippen molar-refractivity contribution >= 4 is 29.2 Å². The number of aryl methyl sites for hydroxylation is 2. The third kappa shape index (κ3) is 5.44. The molecule has 160 valence electrons. The molecule has 1 N–H and O–H groups in total. The van der Waals surface area contributed by atoms with Crippen molar-refractivity contribution in [1.82, 2.24) is 10.2 Å². The molecule has 31 heavy (non-hydrogen) atoms. The van der Waals surface area contributed by atoms with Crippen LogP contribution in [0.4, 0.5) is 11.5 Å². The van der Waals surface area contributed by atoms with E-state index in [4.69, 9.17) is 0 Å². The molecule has 1 atom stereocenters. The number of anilines is 2. The maximum atomic E-state index is 12.9. The van der Waals surface area contributed by atoms with E-state index in [9.17, 15) is 4.79 Å². The molecule has 0 radical (unpaired) electrons. The molecule has 1 fully saturated rings. The van der Waals surface area contributed by atoms with E-state index in [1.165, 1.54) is 5.56 Å². The summed E-state index contributed by atoms with van der Waals surface area (Å²) in [6.45, 7) is 5.75. The number of carbonyl (C=O) groups excluding carboxylic acids is 1. The van der Waals surface area contributed by atoms with Crippen LogP contribution in [0.2, 0.25) is 0 Å². The highest BCUT2D eigenvalue weighted by Crippen LogP contribution is 2.28. The van der Waals surface area contributed by atoms with Crippen molar-refractivity contribution in [1.29, 1.82) is 0 Å². The summed E-state index contributed by atoms with van der Waals surface area (Å²) >= 11 is 1.61.